The molecule has 0 bridgehead atoms. The summed E-state index contributed by atoms with van der Waals surface area (Å²) in [6.45, 7) is 11.8. The number of aromatic amines is 1. The predicted octanol–water partition coefficient (Wildman–Crippen LogP) is 1.95. The molecule has 0 atom stereocenters. The number of aryl methyl sites for hydroxylation is 2. The molecule has 0 spiro atoms. The summed E-state index contributed by atoms with van der Waals surface area (Å²) < 4.78 is 3.38. The Morgan fingerprint density at radius 2 is 1.74 bits per heavy atom. The van der Waals surface area contributed by atoms with E-state index in [1.54, 1.807) is 7.05 Å². The van der Waals surface area contributed by atoms with E-state index in [1.807, 2.05) is 4.57 Å². The molecule has 1 saturated heterocycles. The van der Waals surface area contributed by atoms with E-state index in [2.05, 4.69) is 59.8 Å². The van der Waals surface area contributed by atoms with Crippen molar-refractivity contribution in [3.63, 3.8) is 0 Å². The fraction of sp³-hybridized carbons (Fsp3) is 0.522. The summed E-state index contributed by atoms with van der Waals surface area (Å²) in [6, 6.07) is 8.29. The standard InChI is InChI=1S/C23H32N6O2/c1-16(2)9-10-27-11-13-28(14-12-27)22-24-20-19(21(30)25-23(31)26(20)4)29(22)15-18-7-5-17(3)6-8-18/h5-8,16H,9-15H2,1-4H3,(H,25,30,31). The Bertz CT molecular complexity index is 1160. The summed E-state index contributed by atoms with van der Waals surface area (Å²) in [5.41, 5.74) is 2.33. The summed E-state index contributed by atoms with van der Waals surface area (Å²) >= 11 is 0. The lowest BCUT2D eigenvalue weighted by Crippen LogP contribution is -2.47. The molecule has 0 amide bonds. The van der Waals surface area contributed by atoms with Crippen LogP contribution in [0.3, 0.4) is 0 Å². The lowest BCUT2D eigenvalue weighted by Gasteiger charge is -2.35. The molecule has 1 fully saturated rings. The Hall–Kier alpha value is -2.87. The predicted molar refractivity (Wildman–Crippen MR) is 124 cm³/mol. The maximum atomic E-state index is 12.8. The van der Waals surface area contributed by atoms with E-state index in [1.165, 1.54) is 16.6 Å². The second-order valence-corrected chi connectivity index (χ2v) is 8.99. The topological polar surface area (TPSA) is 79.2 Å². The Balaban J connectivity index is 1.70. The average molecular weight is 425 g/mol. The Labute approximate surface area is 182 Å². The van der Waals surface area contributed by atoms with Gasteiger partial charge in [0.25, 0.3) is 5.56 Å². The first-order valence-electron chi connectivity index (χ1n) is 11.1. The van der Waals surface area contributed by atoms with Gasteiger partial charge >= 0.3 is 5.69 Å². The zero-order valence-corrected chi connectivity index (χ0v) is 18.9. The van der Waals surface area contributed by atoms with Gasteiger partial charge in [-0.2, -0.15) is 4.98 Å². The van der Waals surface area contributed by atoms with Crippen molar-refractivity contribution in [2.24, 2.45) is 13.0 Å². The van der Waals surface area contributed by atoms with E-state index in [-0.39, 0.29) is 5.56 Å². The first-order chi connectivity index (χ1) is 14.8. The number of H-pyrrole nitrogens is 1. The number of aromatic nitrogens is 4. The summed E-state index contributed by atoms with van der Waals surface area (Å²) in [7, 11) is 1.65. The summed E-state index contributed by atoms with van der Waals surface area (Å²) in [5, 5.41) is 0. The van der Waals surface area contributed by atoms with Crippen LogP contribution in [-0.4, -0.2) is 56.7 Å². The molecule has 31 heavy (non-hydrogen) atoms. The number of hydrogen-bond acceptors (Lipinski definition) is 5. The van der Waals surface area contributed by atoms with E-state index in [0.29, 0.717) is 23.6 Å². The molecule has 2 aromatic heterocycles. The molecule has 8 heteroatoms. The third-order valence-corrected chi connectivity index (χ3v) is 6.13. The SMILES string of the molecule is Cc1ccc(Cn2c(N3CCN(CCC(C)C)CC3)nc3c2c(=O)[nH]c(=O)n3C)cc1. The average Bonchev–Trinajstić information content (AvgIpc) is 3.12. The highest BCUT2D eigenvalue weighted by Crippen LogP contribution is 2.23. The number of rotatable bonds is 6. The van der Waals surface area contributed by atoms with Crippen LogP contribution in [0.2, 0.25) is 0 Å². The first kappa shape index (κ1) is 21.4. The number of piperazine rings is 1. The van der Waals surface area contributed by atoms with Gasteiger partial charge in [0.15, 0.2) is 11.2 Å². The number of nitrogens with zero attached hydrogens (tertiary/aromatic N) is 5. The minimum absolute atomic E-state index is 0.389. The van der Waals surface area contributed by atoms with Crippen LogP contribution < -0.4 is 16.1 Å². The largest absolute Gasteiger partial charge is 0.340 e. The molecule has 4 rings (SSSR count). The van der Waals surface area contributed by atoms with E-state index in [9.17, 15) is 9.59 Å². The summed E-state index contributed by atoms with van der Waals surface area (Å²) in [4.78, 5) is 36.9. The summed E-state index contributed by atoms with van der Waals surface area (Å²) in [6.07, 6.45) is 1.20. The van der Waals surface area contributed by atoms with Gasteiger partial charge in [-0.25, -0.2) is 4.79 Å². The van der Waals surface area contributed by atoms with Crippen LogP contribution in [0.1, 0.15) is 31.4 Å². The highest BCUT2D eigenvalue weighted by molar-refractivity contribution is 5.74. The van der Waals surface area contributed by atoms with E-state index in [0.717, 1.165) is 44.2 Å². The van der Waals surface area contributed by atoms with Gasteiger partial charge in [0.05, 0.1) is 6.54 Å². The number of anilines is 1. The number of nitrogens with one attached hydrogen (secondary N) is 1. The fourth-order valence-corrected chi connectivity index (χ4v) is 4.10. The molecule has 1 aliphatic rings. The second kappa shape index (κ2) is 8.70. The third-order valence-electron chi connectivity index (χ3n) is 6.13. The van der Waals surface area contributed by atoms with Crippen molar-refractivity contribution in [3.8, 4) is 0 Å². The lowest BCUT2D eigenvalue weighted by atomic mass is 10.1. The van der Waals surface area contributed by atoms with Crippen molar-refractivity contribution >= 4 is 17.1 Å². The maximum Gasteiger partial charge on any atom is 0.329 e. The van der Waals surface area contributed by atoms with Crippen LogP contribution in [0.25, 0.3) is 11.2 Å². The van der Waals surface area contributed by atoms with Crippen LogP contribution in [0.15, 0.2) is 33.9 Å². The monoisotopic (exact) mass is 424 g/mol. The van der Waals surface area contributed by atoms with E-state index < -0.39 is 5.69 Å². The Morgan fingerprint density at radius 3 is 2.39 bits per heavy atom. The fourth-order valence-electron chi connectivity index (χ4n) is 4.10. The van der Waals surface area contributed by atoms with Crippen LogP contribution in [0, 0.1) is 12.8 Å². The maximum absolute atomic E-state index is 12.8. The Morgan fingerprint density at radius 1 is 1.06 bits per heavy atom. The van der Waals surface area contributed by atoms with Gasteiger partial charge in [0.2, 0.25) is 5.95 Å². The molecular formula is C23H32N6O2. The molecule has 3 heterocycles. The molecule has 0 aliphatic carbocycles. The molecule has 1 N–H and O–H groups in total. The van der Waals surface area contributed by atoms with Crippen molar-refractivity contribution < 1.29 is 0 Å². The molecule has 0 saturated carbocycles. The number of benzene rings is 1. The third kappa shape index (κ3) is 4.44. The van der Waals surface area contributed by atoms with Crippen molar-refractivity contribution in [1.82, 2.24) is 24.0 Å². The van der Waals surface area contributed by atoms with Crippen molar-refractivity contribution in [3.05, 3.63) is 56.2 Å². The number of fused-ring (bicyclic) bond motifs is 1. The zero-order valence-electron chi connectivity index (χ0n) is 18.9. The van der Waals surface area contributed by atoms with Gasteiger partial charge < -0.3 is 4.90 Å². The van der Waals surface area contributed by atoms with Crippen molar-refractivity contribution in [2.75, 3.05) is 37.6 Å². The van der Waals surface area contributed by atoms with Crippen molar-refractivity contribution in [2.45, 2.75) is 33.7 Å². The number of hydrogen-bond donors (Lipinski definition) is 1. The lowest BCUT2D eigenvalue weighted by molar-refractivity contribution is 0.242. The minimum Gasteiger partial charge on any atom is -0.340 e. The van der Waals surface area contributed by atoms with Crippen LogP contribution >= 0.6 is 0 Å². The molecule has 8 nitrogen and oxygen atoms in total. The molecular weight excluding hydrogens is 392 g/mol. The van der Waals surface area contributed by atoms with Crippen molar-refractivity contribution in [1.29, 1.82) is 0 Å². The minimum atomic E-state index is -0.442. The smallest absolute Gasteiger partial charge is 0.329 e. The molecule has 3 aromatic rings. The molecule has 0 radical (unpaired) electrons. The first-order valence-corrected chi connectivity index (χ1v) is 11.1. The molecule has 1 aliphatic heterocycles. The summed E-state index contributed by atoms with van der Waals surface area (Å²) in [5.74, 6) is 1.45. The number of imidazole rings is 1. The van der Waals surface area contributed by atoms with Crippen LogP contribution in [0.4, 0.5) is 5.95 Å². The Kier molecular flexibility index (Phi) is 6.00. The highest BCUT2D eigenvalue weighted by Gasteiger charge is 2.25. The highest BCUT2D eigenvalue weighted by atomic mass is 16.2. The van der Waals surface area contributed by atoms with E-state index in [4.69, 9.17) is 4.98 Å². The van der Waals surface area contributed by atoms with Crippen LogP contribution in [-0.2, 0) is 13.6 Å². The molecule has 166 valence electrons. The molecule has 0 unspecified atom stereocenters. The normalized spacial score (nSPS) is 15.3. The van der Waals surface area contributed by atoms with Gasteiger partial charge in [-0.3, -0.25) is 23.8 Å². The van der Waals surface area contributed by atoms with Gasteiger partial charge in [-0.1, -0.05) is 43.7 Å². The van der Waals surface area contributed by atoms with E-state index >= 15 is 0 Å². The van der Waals surface area contributed by atoms with Gasteiger partial charge in [0, 0.05) is 33.2 Å². The van der Waals surface area contributed by atoms with Gasteiger partial charge in [0.1, 0.15) is 0 Å². The van der Waals surface area contributed by atoms with Gasteiger partial charge in [-0.05, 0) is 31.4 Å². The molecule has 1 aromatic carbocycles. The zero-order chi connectivity index (χ0) is 22.1. The quantitative estimate of drug-likeness (QED) is 0.654. The van der Waals surface area contributed by atoms with Crippen LogP contribution in [0.5, 0.6) is 0 Å². The van der Waals surface area contributed by atoms with Gasteiger partial charge in [-0.15, -0.1) is 0 Å². The second-order valence-electron chi connectivity index (χ2n) is 8.99.